The van der Waals surface area contributed by atoms with Crippen molar-refractivity contribution in [3.8, 4) is 11.5 Å². The molecule has 0 heterocycles. The van der Waals surface area contributed by atoms with Gasteiger partial charge in [0.05, 0.1) is 7.11 Å². The van der Waals surface area contributed by atoms with E-state index in [1.807, 2.05) is 6.07 Å². The number of phenolic OH excluding ortho intramolecular Hbond substituents is 1. The van der Waals surface area contributed by atoms with Crippen molar-refractivity contribution in [3.05, 3.63) is 29.1 Å². The van der Waals surface area contributed by atoms with Gasteiger partial charge in [-0.3, -0.25) is 0 Å². The van der Waals surface area contributed by atoms with Gasteiger partial charge in [-0.2, -0.15) is 7.05 Å². The predicted octanol–water partition coefficient (Wildman–Crippen LogP) is 1.95. The average molecular weight is 180 g/mol. The van der Waals surface area contributed by atoms with Crippen molar-refractivity contribution in [2.75, 3.05) is 20.7 Å². The van der Waals surface area contributed by atoms with Crippen LogP contribution in [0, 0.1) is 0 Å². The van der Waals surface area contributed by atoms with E-state index in [0.717, 1.165) is 18.5 Å². The van der Waals surface area contributed by atoms with Crippen molar-refractivity contribution in [1.82, 2.24) is 0 Å². The van der Waals surface area contributed by atoms with E-state index in [1.165, 1.54) is 7.11 Å². The van der Waals surface area contributed by atoms with Crippen LogP contribution in [0.15, 0.2) is 18.2 Å². The zero-order valence-electron chi connectivity index (χ0n) is 7.95. The number of hydrogen-bond donors (Lipinski definition) is 1. The van der Waals surface area contributed by atoms with Crippen LogP contribution in [0.2, 0.25) is 0 Å². The van der Waals surface area contributed by atoms with E-state index in [9.17, 15) is 5.11 Å². The summed E-state index contributed by atoms with van der Waals surface area (Å²) in [5, 5.41) is 13.4. The Morgan fingerprint density at radius 2 is 2.23 bits per heavy atom. The fourth-order valence-electron chi connectivity index (χ4n) is 1.13. The van der Waals surface area contributed by atoms with Gasteiger partial charge in [-0.05, 0) is 24.1 Å². The smallest absolute Gasteiger partial charge is 0.160 e. The molecule has 0 bridgehead atoms. The molecule has 3 nitrogen and oxygen atoms in total. The highest BCUT2D eigenvalue weighted by molar-refractivity contribution is 5.41. The van der Waals surface area contributed by atoms with Gasteiger partial charge in [0.15, 0.2) is 11.5 Å². The summed E-state index contributed by atoms with van der Waals surface area (Å²) >= 11 is 0. The molecular formula is C10H14NO2-. The normalized spacial score (nSPS) is 10.0. The number of likely N-dealkylation sites (N-methyl/N-ethyl adjacent to an activating group) is 1. The van der Waals surface area contributed by atoms with E-state index >= 15 is 0 Å². The van der Waals surface area contributed by atoms with Gasteiger partial charge in [0.25, 0.3) is 0 Å². The van der Waals surface area contributed by atoms with E-state index in [-0.39, 0.29) is 5.75 Å². The SMILES string of the molecule is C[N-]CCc1ccc(OC)c(O)c1. The van der Waals surface area contributed by atoms with Crippen molar-refractivity contribution >= 4 is 0 Å². The monoisotopic (exact) mass is 180 g/mol. The highest BCUT2D eigenvalue weighted by atomic mass is 16.5. The fourth-order valence-corrected chi connectivity index (χ4v) is 1.13. The lowest BCUT2D eigenvalue weighted by molar-refractivity contribution is 0.373. The molecule has 0 aliphatic heterocycles. The van der Waals surface area contributed by atoms with Gasteiger partial charge in [-0.15, -0.1) is 6.54 Å². The van der Waals surface area contributed by atoms with Crippen molar-refractivity contribution < 1.29 is 9.84 Å². The Hall–Kier alpha value is -1.22. The number of phenols is 1. The number of aromatic hydroxyl groups is 1. The first-order valence-electron chi connectivity index (χ1n) is 4.19. The summed E-state index contributed by atoms with van der Waals surface area (Å²) in [5.74, 6) is 0.702. The Kier molecular flexibility index (Phi) is 3.58. The van der Waals surface area contributed by atoms with Crippen molar-refractivity contribution in [2.45, 2.75) is 6.42 Å². The summed E-state index contributed by atoms with van der Waals surface area (Å²) in [6.07, 6.45) is 0.855. The Bertz CT molecular complexity index is 274. The molecule has 0 saturated carbocycles. The maximum absolute atomic E-state index is 9.44. The molecule has 72 valence electrons. The Morgan fingerprint density at radius 1 is 1.46 bits per heavy atom. The van der Waals surface area contributed by atoms with Crippen LogP contribution in [-0.2, 0) is 6.42 Å². The summed E-state index contributed by atoms with van der Waals surface area (Å²) in [4.78, 5) is 0. The van der Waals surface area contributed by atoms with Gasteiger partial charge in [0.2, 0.25) is 0 Å². The van der Waals surface area contributed by atoms with Crippen LogP contribution in [0.3, 0.4) is 0 Å². The minimum Gasteiger partial charge on any atom is -0.665 e. The van der Waals surface area contributed by atoms with Crippen LogP contribution in [0.5, 0.6) is 11.5 Å². The van der Waals surface area contributed by atoms with Crippen molar-refractivity contribution in [1.29, 1.82) is 0 Å². The fraction of sp³-hybridized carbons (Fsp3) is 0.400. The summed E-state index contributed by atoms with van der Waals surface area (Å²) < 4.78 is 4.93. The molecular weight excluding hydrogens is 166 g/mol. The van der Waals surface area contributed by atoms with Crippen LogP contribution in [0.25, 0.3) is 5.32 Å². The third kappa shape index (κ3) is 2.63. The van der Waals surface area contributed by atoms with Gasteiger partial charge in [-0.1, -0.05) is 6.07 Å². The molecule has 1 aromatic rings. The first-order chi connectivity index (χ1) is 6.27. The molecule has 13 heavy (non-hydrogen) atoms. The van der Waals surface area contributed by atoms with E-state index in [1.54, 1.807) is 19.2 Å². The van der Waals surface area contributed by atoms with Gasteiger partial charge in [0, 0.05) is 0 Å². The molecule has 0 aromatic heterocycles. The second-order valence-electron chi connectivity index (χ2n) is 2.80. The maximum atomic E-state index is 9.44. The van der Waals surface area contributed by atoms with E-state index in [4.69, 9.17) is 4.74 Å². The molecule has 0 radical (unpaired) electrons. The number of hydrogen-bond acceptors (Lipinski definition) is 2. The number of ether oxygens (including phenoxy) is 1. The molecule has 1 N–H and O–H groups in total. The first kappa shape index (κ1) is 9.86. The van der Waals surface area contributed by atoms with E-state index < -0.39 is 0 Å². The molecule has 0 atom stereocenters. The van der Waals surface area contributed by atoms with Crippen LogP contribution in [-0.4, -0.2) is 25.8 Å². The molecule has 3 heteroatoms. The lowest BCUT2D eigenvalue weighted by atomic mass is 10.1. The van der Waals surface area contributed by atoms with E-state index in [0.29, 0.717) is 5.75 Å². The lowest BCUT2D eigenvalue weighted by Crippen LogP contribution is -1.91. The topological polar surface area (TPSA) is 43.6 Å². The second-order valence-corrected chi connectivity index (χ2v) is 2.80. The molecule has 0 saturated heterocycles. The van der Waals surface area contributed by atoms with Crippen molar-refractivity contribution in [3.63, 3.8) is 0 Å². The highest BCUT2D eigenvalue weighted by Crippen LogP contribution is 2.26. The summed E-state index contributed by atoms with van der Waals surface area (Å²) in [6, 6.07) is 5.41. The first-order valence-corrected chi connectivity index (χ1v) is 4.19. The Morgan fingerprint density at radius 3 is 2.77 bits per heavy atom. The minimum absolute atomic E-state index is 0.191. The summed E-state index contributed by atoms with van der Waals surface area (Å²) in [7, 11) is 3.32. The number of rotatable bonds is 4. The second kappa shape index (κ2) is 4.72. The quantitative estimate of drug-likeness (QED) is 0.769. The van der Waals surface area contributed by atoms with Crippen LogP contribution in [0.1, 0.15) is 5.56 Å². The van der Waals surface area contributed by atoms with Crippen LogP contribution >= 0.6 is 0 Å². The van der Waals surface area contributed by atoms with Crippen LogP contribution < -0.4 is 4.74 Å². The van der Waals surface area contributed by atoms with E-state index in [2.05, 4.69) is 5.32 Å². The molecule has 0 aliphatic rings. The Labute approximate surface area is 78.3 Å². The van der Waals surface area contributed by atoms with Gasteiger partial charge in [-0.25, -0.2) is 0 Å². The van der Waals surface area contributed by atoms with Gasteiger partial charge in [0.1, 0.15) is 0 Å². The number of methoxy groups -OCH3 is 1. The minimum atomic E-state index is 0.191. The molecule has 0 unspecified atom stereocenters. The standard InChI is InChI=1S/C10H14NO2/c1-11-6-5-8-3-4-10(13-2)9(12)7-8/h3-4,7,12H,5-6H2,1-2H3/q-1. The van der Waals surface area contributed by atoms with Crippen molar-refractivity contribution in [2.24, 2.45) is 0 Å². The molecule has 0 spiro atoms. The number of benzene rings is 1. The third-order valence-corrected chi connectivity index (χ3v) is 1.87. The largest absolute Gasteiger partial charge is 0.665 e. The Balaban J connectivity index is 2.71. The lowest BCUT2D eigenvalue weighted by Gasteiger charge is -2.11. The average Bonchev–Trinajstić information content (AvgIpc) is 2.15. The molecule has 1 aromatic carbocycles. The van der Waals surface area contributed by atoms with Gasteiger partial charge < -0.3 is 15.2 Å². The maximum Gasteiger partial charge on any atom is 0.160 e. The molecule has 0 fully saturated rings. The van der Waals surface area contributed by atoms with Crippen LogP contribution in [0.4, 0.5) is 0 Å². The summed E-state index contributed by atoms with van der Waals surface area (Å²) in [6.45, 7) is 0.784. The summed E-state index contributed by atoms with van der Waals surface area (Å²) in [5.41, 5.74) is 1.07. The zero-order valence-corrected chi connectivity index (χ0v) is 7.95. The van der Waals surface area contributed by atoms with Gasteiger partial charge >= 0.3 is 0 Å². The molecule has 1 rings (SSSR count). The highest BCUT2D eigenvalue weighted by Gasteiger charge is 2.00. The third-order valence-electron chi connectivity index (χ3n) is 1.87. The molecule has 0 amide bonds. The zero-order chi connectivity index (χ0) is 9.68. The number of nitrogens with zero attached hydrogens (tertiary/aromatic N) is 1. The predicted molar refractivity (Wildman–Crippen MR) is 52.5 cm³/mol. The molecule has 0 aliphatic carbocycles.